The summed E-state index contributed by atoms with van der Waals surface area (Å²) in [7, 11) is -8.54. The van der Waals surface area contributed by atoms with E-state index in [-0.39, 0.29) is 27.0 Å². The predicted octanol–water partition coefficient (Wildman–Crippen LogP) is 13.5. The van der Waals surface area contributed by atoms with Gasteiger partial charge >= 0.3 is 0 Å². The fourth-order valence-electron chi connectivity index (χ4n) is 9.96. The van der Waals surface area contributed by atoms with Crippen LogP contribution in [0.5, 0.6) is 23.0 Å². The topological polar surface area (TPSA) is 163 Å². The number of hydrogen-bond acceptors (Lipinski definition) is 10. The molecule has 440 valence electrons. The first kappa shape index (κ1) is 63.0. The van der Waals surface area contributed by atoms with Gasteiger partial charge in [-0.3, -0.25) is 9.59 Å². The van der Waals surface area contributed by atoms with Gasteiger partial charge in [0.15, 0.2) is 13.2 Å². The van der Waals surface area contributed by atoms with E-state index in [0.717, 1.165) is 91.1 Å². The van der Waals surface area contributed by atoms with Crippen LogP contribution in [0.15, 0.2) is 107 Å². The molecule has 0 saturated carbocycles. The van der Waals surface area contributed by atoms with Crippen molar-refractivity contribution in [2.24, 2.45) is 0 Å². The number of rotatable bonds is 16. The summed E-state index contributed by atoms with van der Waals surface area (Å²) >= 11 is 0. The van der Waals surface area contributed by atoms with Gasteiger partial charge in [0.2, 0.25) is 0 Å². The summed E-state index contributed by atoms with van der Waals surface area (Å²) in [6, 6.07) is 29.8. The van der Waals surface area contributed by atoms with E-state index in [1.165, 1.54) is 24.3 Å². The van der Waals surface area contributed by atoms with Crippen molar-refractivity contribution in [2.45, 2.75) is 181 Å². The molecule has 6 aromatic rings. The zero-order chi connectivity index (χ0) is 60.3. The third-order valence-corrected chi connectivity index (χ3v) is 17.5. The van der Waals surface area contributed by atoms with E-state index in [9.17, 15) is 26.4 Å². The molecule has 12 nitrogen and oxygen atoms in total. The van der Waals surface area contributed by atoms with Crippen LogP contribution in [0.2, 0.25) is 0 Å². The van der Waals surface area contributed by atoms with Crippen molar-refractivity contribution < 1.29 is 45.4 Å². The van der Waals surface area contributed by atoms with Crippen LogP contribution < -0.4 is 28.4 Å². The number of aryl methyl sites for hydroxylation is 2. The Morgan fingerprint density at radius 2 is 0.610 bits per heavy atom. The van der Waals surface area contributed by atoms with E-state index in [1.54, 1.807) is 24.3 Å². The molecule has 0 spiro atoms. The molecule has 0 fully saturated rings. The van der Waals surface area contributed by atoms with Gasteiger partial charge in [-0.25, -0.2) is 26.3 Å². The number of nitrogens with one attached hydrogen (secondary N) is 2. The maximum Gasteiger partial charge on any atom is 0.271 e. The Hall–Kier alpha value is -6.64. The highest BCUT2D eigenvalue weighted by atomic mass is 32.2. The molecular weight excluding hydrogens is 1070 g/mol. The van der Waals surface area contributed by atoms with Crippen LogP contribution in [-0.2, 0) is 77.0 Å². The second kappa shape index (κ2) is 24.7. The Kier molecular flexibility index (Phi) is 18.9. The van der Waals surface area contributed by atoms with Crippen molar-refractivity contribution in [1.29, 1.82) is 0 Å². The Morgan fingerprint density at radius 3 is 0.817 bits per heavy atom. The summed E-state index contributed by atoms with van der Waals surface area (Å²) < 4.78 is 86.5. The maximum atomic E-state index is 14.0. The average Bonchev–Trinajstić information content (AvgIpc) is 2.25. The number of carbonyl (C=O) groups excluding carboxylic acids is 2. The van der Waals surface area contributed by atoms with Gasteiger partial charge < -0.3 is 18.9 Å². The number of amides is 2. The molecule has 2 N–H and O–H groups in total. The van der Waals surface area contributed by atoms with Crippen molar-refractivity contribution in [2.75, 3.05) is 26.4 Å². The summed E-state index contributed by atoms with van der Waals surface area (Å²) in [5, 5.41) is 0. The number of hydrogen-bond donors (Lipinski definition) is 2. The van der Waals surface area contributed by atoms with Crippen LogP contribution in [0.1, 0.15) is 188 Å². The third kappa shape index (κ3) is 15.5. The van der Waals surface area contributed by atoms with Gasteiger partial charge in [-0.1, -0.05) is 181 Å². The number of benzene rings is 6. The highest BCUT2D eigenvalue weighted by molar-refractivity contribution is 7.90. The van der Waals surface area contributed by atoms with Gasteiger partial charge in [0.1, 0.15) is 23.0 Å². The molecule has 6 aromatic carbocycles. The predicted molar refractivity (Wildman–Crippen MR) is 327 cm³/mol. The van der Waals surface area contributed by atoms with Crippen LogP contribution in [0.4, 0.5) is 0 Å². The van der Waals surface area contributed by atoms with Crippen molar-refractivity contribution in [1.82, 2.24) is 9.44 Å². The lowest BCUT2D eigenvalue weighted by Crippen LogP contribution is -2.34. The highest BCUT2D eigenvalue weighted by Crippen LogP contribution is 2.45. The van der Waals surface area contributed by atoms with Crippen LogP contribution in [-0.4, -0.2) is 55.1 Å². The Bertz CT molecular complexity index is 3320. The van der Waals surface area contributed by atoms with E-state index in [1.807, 2.05) is 13.8 Å². The van der Waals surface area contributed by atoms with E-state index < -0.39 is 55.9 Å². The molecule has 7 rings (SSSR count). The largest absolute Gasteiger partial charge is 0.493 e. The molecule has 1 aliphatic rings. The standard InChI is InChI=1S/C68H86N2O10S2/c1-17-27-77-61-45-29-46-34-54(66(8,9)10)36-48(62(46)78-28-18-2)31-50-38-56(68(14,15)16)40-52(64(50)80-42-60(72)70-82(75,76)58-25-21-44(4)22-26-58)32-51-39-55(67(11,12)13)37-49(30-47(61)35-53(33-45)65(5,6)7)63(51)79-41-59(71)69-81(73,74)57-23-19-43(3)20-24-57/h19-26,33-40H,17-18,27-32,41-42H2,1-16H3,(H,69,71)(H,70,72). The van der Waals surface area contributed by atoms with E-state index >= 15 is 0 Å². The normalized spacial score (nSPS) is 13.3. The zero-order valence-electron chi connectivity index (χ0n) is 51.2. The smallest absolute Gasteiger partial charge is 0.271 e. The van der Waals surface area contributed by atoms with Gasteiger partial charge in [0.25, 0.3) is 31.9 Å². The minimum atomic E-state index is -4.27. The number of carbonyl (C=O) groups is 2. The first-order chi connectivity index (χ1) is 38.2. The average molecular weight is 1160 g/mol. The van der Waals surface area contributed by atoms with Gasteiger partial charge in [0.05, 0.1) is 23.0 Å². The highest BCUT2D eigenvalue weighted by Gasteiger charge is 2.31. The van der Waals surface area contributed by atoms with E-state index in [4.69, 9.17) is 18.9 Å². The number of ether oxygens (including phenoxy) is 4. The molecule has 1 aliphatic carbocycles. The minimum Gasteiger partial charge on any atom is -0.493 e. The second-order valence-electron chi connectivity index (χ2n) is 26.2. The summed E-state index contributed by atoms with van der Waals surface area (Å²) in [5.41, 5.74) is 11.0. The van der Waals surface area contributed by atoms with Gasteiger partial charge in [-0.2, -0.15) is 0 Å². The SMILES string of the molecule is CCCOc1c2cc(C(C)(C)C)cc1Cc1cc(C(C)(C)C)cc(c1OCC(=O)NS(=O)(=O)c1ccc(C)cc1)Cc1cc(C(C)(C)C)cc(c1OCC(=O)NS(=O)(=O)c1ccc(C)cc1)Cc1cc(C(C)(C)C)cc(c1OCCC)C2. The van der Waals surface area contributed by atoms with Crippen LogP contribution in [0.3, 0.4) is 0 Å². The molecule has 82 heavy (non-hydrogen) atoms. The summed E-state index contributed by atoms with van der Waals surface area (Å²) in [4.78, 5) is 28.0. The lowest BCUT2D eigenvalue weighted by Gasteiger charge is -2.29. The summed E-state index contributed by atoms with van der Waals surface area (Å²) in [5.74, 6) is 0.511. The first-order valence-electron chi connectivity index (χ1n) is 28.6. The minimum absolute atomic E-state index is 0.0574. The van der Waals surface area contributed by atoms with Gasteiger partial charge in [-0.05, 0) is 139 Å². The number of sulfonamides is 2. The van der Waals surface area contributed by atoms with Crippen LogP contribution in [0.25, 0.3) is 0 Å². The zero-order valence-corrected chi connectivity index (χ0v) is 52.8. The van der Waals surface area contributed by atoms with Gasteiger partial charge in [0, 0.05) is 25.7 Å². The molecule has 0 aliphatic heterocycles. The first-order valence-corrected chi connectivity index (χ1v) is 31.5. The second-order valence-corrected chi connectivity index (χ2v) is 29.5. The van der Waals surface area contributed by atoms with Crippen LogP contribution >= 0.6 is 0 Å². The monoisotopic (exact) mass is 1150 g/mol. The molecule has 14 heteroatoms. The molecular formula is C68H86N2O10S2. The summed E-state index contributed by atoms with van der Waals surface area (Å²) in [6.07, 6.45) is 2.70. The van der Waals surface area contributed by atoms with Crippen molar-refractivity contribution in [3.8, 4) is 23.0 Å². The maximum absolute atomic E-state index is 14.0. The molecule has 2 amide bonds. The molecule has 0 saturated heterocycles. The number of fused-ring (bicyclic) bond motifs is 8. The molecule has 0 aromatic heterocycles. The molecule has 8 bridgehead atoms. The third-order valence-electron chi connectivity index (χ3n) is 14.7. The molecule has 0 atom stereocenters. The van der Waals surface area contributed by atoms with Crippen molar-refractivity contribution in [3.05, 3.63) is 175 Å². The molecule has 0 heterocycles. The fourth-order valence-corrected chi connectivity index (χ4v) is 11.9. The van der Waals surface area contributed by atoms with Gasteiger partial charge in [-0.15, -0.1) is 0 Å². The lowest BCUT2D eigenvalue weighted by atomic mass is 9.79. The van der Waals surface area contributed by atoms with Crippen LogP contribution in [0, 0.1) is 13.8 Å². The molecule has 0 unspecified atom stereocenters. The van der Waals surface area contributed by atoms with Crippen molar-refractivity contribution >= 4 is 31.9 Å². The lowest BCUT2D eigenvalue weighted by molar-refractivity contribution is -0.122. The van der Waals surface area contributed by atoms with E-state index in [0.29, 0.717) is 55.1 Å². The Balaban J connectivity index is 1.55. The Morgan fingerprint density at radius 1 is 0.390 bits per heavy atom. The molecule has 0 radical (unpaired) electrons. The van der Waals surface area contributed by atoms with E-state index in [2.05, 4.69) is 155 Å². The summed E-state index contributed by atoms with van der Waals surface area (Å²) in [6.45, 7) is 33.5. The Labute approximate surface area is 489 Å². The quantitative estimate of drug-likeness (QED) is 0.0952. The van der Waals surface area contributed by atoms with Crippen molar-refractivity contribution in [3.63, 3.8) is 0 Å². The fraction of sp³-hybridized carbons (Fsp3) is 0.441.